The van der Waals surface area contributed by atoms with E-state index in [1.165, 1.54) is 45.3 Å². The van der Waals surface area contributed by atoms with Gasteiger partial charge in [0.2, 0.25) is 5.78 Å². The van der Waals surface area contributed by atoms with Gasteiger partial charge in [0, 0.05) is 12.7 Å². The second kappa shape index (κ2) is 11.5. The Morgan fingerprint density at radius 2 is 1.63 bits per heavy atom. The molecule has 3 aromatic rings. The van der Waals surface area contributed by atoms with Crippen LogP contribution in [0.15, 0.2) is 53.4 Å². The number of rotatable bonds is 10. The minimum atomic E-state index is -3.95. The smallest absolute Gasteiger partial charge is 0.340 e. The van der Waals surface area contributed by atoms with Crippen molar-refractivity contribution in [1.29, 1.82) is 0 Å². The largest absolute Gasteiger partial charge is 0.495 e. The van der Waals surface area contributed by atoms with E-state index in [2.05, 4.69) is 4.98 Å². The molecule has 0 saturated heterocycles. The fraction of sp³-hybridized carbons (Fsp3) is 0.296. The van der Waals surface area contributed by atoms with Gasteiger partial charge in [-0.3, -0.25) is 9.10 Å². The summed E-state index contributed by atoms with van der Waals surface area (Å²) in [4.78, 5) is 40.7. The third-order valence-electron chi connectivity index (χ3n) is 5.99. The van der Waals surface area contributed by atoms with E-state index in [1.807, 2.05) is 0 Å². The molecule has 1 atom stereocenters. The predicted octanol–water partition coefficient (Wildman–Crippen LogP) is 4.07. The molecule has 38 heavy (non-hydrogen) atoms. The Balaban J connectivity index is 1.75. The summed E-state index contributed by atoms with van der Waals surface area (Å²) < 4.78 is 43.0. The van der Waals surface area contributed by atoms with Gasteiger partial charge in [0.05, 0.1) is 41.1 Å². The molecule has 3 rings (SSSR count). The van der Waals surface area contributed by atoms with Gasteiger partial charge in [-0.25, -0.2) is 18.0 Å². The van der Waals surface area contributed by atoms with Gasteiger partial charge in [-0.15, -0.1) is 0 Å². The second-order valence-corrected chi connectivity index (χ2v) is 10.4. The van der Waals surface area contributed by atoms with Crippen LogP contribution < -0.4 is 9.04 Å². The molecule has 0 fully saturated rings. The van der Waals surface area contributed by atoms with Gasteiger partial charge in [0.15, 0.2) is 6.10 Å². The Hall–Kier alpha value is -4.12. The Kier molecular flexibility index (Phi) is 8.62. The van der Waals surface area contributed by atoms with Crippen molar-refractivity contribution >= 4 is 33.4 Å². The molecule has 0 saturated carbocycles. The lowest BCUT2D eigenvalue weighted by atomic mass is 10.1. The molecule has 1 heterocycles. The average Bonchev–Trinajstić information content (AvgIpc) is 3.21. The van der Waals surface area contributed by atoms with E-state index in [-0.39, 0.29) is 28.3 Å². The number of para-hydroxylation sites is 2. The van der Waals surface area contributed by atoms with E-state index in [4.69, 9.17) is 14.2 Å². The number of hydrogen-bond donors (Lipinski definition) is 1. The van der Waals surface area contributed by atoms with Crippen LogP contribution in [-0.4, -0.2) is 58.0 Å². The first-order valence-electron chi connectivity index (χ1n) is 11.8. The van der Waals surface area contributed by atoms with Gasteiger partial charge in [-0.1, -0.05) is 12.1 Å². The Morgan fingerprint density at radius 3 is 2.24 bits per heavy atom. The zero-order valence-corrected chi connectivity index (χ0v) is 22.8. The molecule has 202 valence electrons. The fourth-order valence-corrected chi connectivity index (χ4v) is 5.14. The van der Waals surface area contributed by atoms with Crippen LogP contribution in [0.1, 0.15) is 56.3 Å². The second-order valence-electron chi connectivity index (χ2n) is 8.43. The number of anilines is 1. The highest BCUT2D eigenvalue weighted by Gasteiger charge is 2.28. The molecule has 0 bridgehead atoms. The number of carbonyl (C=O) groups excluding carboxylic acids is 3. The number of aryl methyl sites for hydroxylation is 1. The molecule has 0 aliphatic carbocycles. The Bertz CT molecular complexity index is 1460. The number of hydrogen-bond acceptors (Lipinski definition) is 8. The number of nitrogens with zero attached hydrogens (tertiary/aromatic N) is 1. The van der Waals surface area contributed by atoms with Crippen molar-refractivity contribution in [3.63, 3.8) is 0 Å². The summed E-state index contributed by atoms with van der Waals surface area (Å²) >= 11 is 0. The van der Waals surface area contributed by atoms with Gasteiger partial charge in [0.25, 0.3) is 10.0 Å². The van der Waals surface area contributed by atoms with Crippen LogP contribution >= 0.6 is 0 Å². The zero-order chi connectivity index (χ0) is 28.2. The average molecular weight is 543 g/mol. The van der Waals surface area contributed by atoms with Crippen LogP contribution in [-0.2, 0) is 19.5 Å². The third kappa shape index (κ3) is 5.57. The van der Waals surface area contributed by atoms with Crippen molar-refractivity contribution in [1.82, 2.24) is 4.98 Å². The van der Waals surface area contributed by atoms with Gasteiger partial charge < -0.3 is 19.2 Å². The maximum absolute atomic E-state index is 13.1. The summed E-state index contributed by atoms with van der Waals surface area (Å²) in [5, 5.41) is 0. The lowest BCUT2D eigenvalue weighted by Crippen LogP contribution is -2.27. The predicted molar refractivity (Wildman–Crippen MR) is 140 cm³/mol. The Labute approximate surface area is 221 Å². The van der Waals surface area contributed by atoms with Gasteiger partial charge >= 0.3 is 11.9 Å². The highest BCUT2D eigenvalue weighted by molar-refractivity contribution is 7.92. The number of ether oxygens (including phenoxy) is 3. The summed E-state index contributed by atoms with van der Waals surface area (Å²) in [6, 6.07) is 11.9. The van der Waals surface area contributed by atoms with E-state index >= 15 is 0 Å². The first kappa shape index (κ1) is 28.5. The highest BCUT2D eigenvalue weighted by Crippen LogP contribution is 2.31. The number of aromatic nitrogens is 1. The molecule has 10 nitrogen and oxygen atoms in total. The number of nitrogens with one attached hydrogen (secondary N) is 1. The standard InChI is InChI=1S/C27H30N2O8S/c1-7-36-27(32)23-16(2)24(28-17(23)3)25(30)18(4)37-26(31)19-12-14-20(15-13-19)38(33,34)29(5)21-10-8-9-11-22(21)35-6/h8-15,18,28H,7H2,1-6H3. The van der Waals surface area contributed by atoms with Crippen molar-refractivity contribution in [2.24, 2.45) is 0 Å². The van der Waals surface area contributed by atoms with Gasteiger partial charge in [-0.05, 0) is 69.7 Å². The molecule has 11 heteroatoms. The molecular formula is C27H30N2O8S. The summed E-state index contributed by atoms with van der Waals surface area (Å²) in [7, 11) is -1.10. The van der Waals surface area contributed by atoms with Crippen molar-refractivity contribution in [2.45, 2.75) is 38.7 Å². The van der Waals surface area contributed by atoms with Crippen molar-refractivity contribution in [2.75, 3.05) is 25.1 Å². The van der Waals surface area contributed by atoms with E-state index in [0.29, 0.717) is 22.7 Å². The Morgan fingerprint density at radius 1 is 1.00 bits per heavy atom. The molecule has 0 aliphatic rings. The minimum absolute atomic E-state index is 0.0458. The SMILES string of the molecule is CCOC(=O)c1c(C)[nH]c(C(=O)C(C)OC(=O)c2ccc(S(=O)(=O)N(C)c3ccccc3OC)cc2)c1C. The molecular weight excluding hydrogens is 512 g/mol. The number of esters is 2. The lowest BCUT2D eigenvalue weighted by Gasteiger charge is -2.21. The van der Waals surface area contributed by atoms with E-state index in [9.17, 15) is 22.8 Å². The molecule has 1 unspecified atom stereocenters. The molecule has 0 radical (unpaired) electrons. The summed E-state index contributed by atoms with van der Waals surface area (Å²) in [6.45, 7) is 6.55. The van der Waals surface area contributed by atoms with Crippen LogP contribution in [0.25, 0.3) is 0 Å². The first-order chi connectivity index (χ1) is 17.9. The summed E-state index contributed by atoms with van der Waals surface area (Å²) in [5.41, 5.74) is 1.71. The number of sulfonamides is 1. The van der Waals surface area contributed by atoms with Crippen LogP contribution in [0.4, 0.5) is 5.69 Å². The minimum Gasteiger partial charge on any atom is -0.495 e. The van der Waals surface area contributed by atoms with E-state index < -0.39 is 33.8 Å². The van der Waals surface area contributed by atoms with Crippen LogP contribution in [0.5, 0.6) is 5.75 Å². The molecule has 1 N–H and O–H groups in total. The number of H-pyrrole nitrogens is 1. The normalized spacial score (nSPS) is 11.9. The van der Waals surface area contributed by atoms with Crippen LogP contribution in [0.3, 0.4) is 0 Å². The van der Waals surface area contributed by atoms with Gasteiger partial charge in [-0.2, -0.15) is 0 Å². The number of ketones is 1. The van der Waals surface area contributed by atoms with Crippen molar-refractivity contribution < 1.29 is 37.0 Å². The summed E-state index contributed by atoms with van der Waals surface area (Å²) in [6.07, 6.45) is -1.17. The monoisotopic (exact) mass is 542 g/mol. The third-order valence-corrected chi connectivity index (χ3v) is 7.77. The maximum Gasteiger partial charge on any atom is 0.340 e. The van der Waals surface area contributed by atoms with E-state index in [1.54, 1.807) is 45.0 Å². The number of Topliss-reactive ketones (excluding diaryl/α,β-unsaturated/α-hetero) is 1. The number of carbonyl (C=O) groups is 3. The van der Waals surface area contributed by atoms with Crippen LogP contribution in [0, 0.1) is 13.8 Å². The summed E-state index contributed by atoms with van der Waals surface area (Å²) in [5.74, 6) is -1.49. The van der Waals surface area contributed by atoms with Gasteiger partial charge in [0.1, 0.15) is 5.75 Å². The number of benzene rings is 2. The molecule has 1 aromatic heterocycles. The van der Waals surface area contributed by atoms with Crippen molar-refractivity contribution in [3.8, 4) is 5.75 Å². The quantitative estimate of drug-likeness (QED) is 0.300. The van der Waals surface area contributed by atoms with Crippen molar-refractivity contribution in [3.05, 3.63) is 76.6 Å². The fourth-order valence-electron chi connectivity index (χ4n) is 3.93. The van der Waals surface area contributed by atoms with E-state index in [0.717, 1.165) is 4.31 Å². The lowest BCUT2D eigenvalue weighted by molar-refractivity contribution is 0.0316. The van der Waals surface area contributed by atoms with Crippen LogP contribution in [0.2, 0.25) is 0 Å². The topological polar surface area (TPSA) is 132 Å². The highest BCUT2D eigenvalue weighted by atomic mass is 32.2. The molecule has 0 spiro atoms. The molecule has 0 aliphatic heterocycles. The molecule has 0 amide bonds. The maximum atomic E-state index is 13.1. The first-order valence-corrected chi connectivity index (χ1v) is 13.2. The zero-order valence-electron chi connectivity index (χ0n) is 22.0. The number of methoxy groups -OCH3 is 1. The molecule has 2 aromatic carbocycles. The number of aromatic amines is 1.